The Hall–Kier alpha value is -2.34. The monoisotopic (exact) mass is 260 g/mol. The molecule has 0 amide bonds. The van der Waals surface area contributed by atoms with Gasteiger partial charge in [0.2, 0.25) is 0 Å². The number of benzene rings is 2. The van der Waals surface area contributed by atoms with Gasteiger partial charge < -0.3 is 0 Å². The minimum Gasteiger partial charge on any atom is -0.0871 e. The normalized spacial score (nSPS) is 11.6. The summed E-state index contributed by atoms with van der Waals surface area (Å²) in [6, 6.07) is 21.0. The van der Waals surface area contributed by atoms with Gasteiger partial charge in [0.25, 0.3) is 0 Å². The molecule has 0 aliphatic rings. The van der Waals surface area contributed by atoms with Crippen LogP contribution in [0.1, 0.15) is 25.0 Å². The quantitative estimate of drug-likeness (QED) is 0.624. The molecule has 0 aliphatic carbocycles. The summed E-state index contributed by atoms with van der Waals surface area (Å²) in [6.07, 6.45) is 8.57. The van der Waals surface area contributed by atoms with Crippen LogP contribution < -0.4 is 0 Å². The Morgan fingerprint density at radius 1 is 0.750 bits per heavy atom. The average Bonchev–Trinajstić information content (AvgIpc) is 2.53. The number of hydrogen-bond acceptors (Lipinski definition) is 0. The van der Waals surface area contributed by atoms with Crippen LogP contribution in [0.4, 0.5) is 0 Å². The fourth-order valence-electron chi connectivity index (χ4n) is 2.16. The van der Waals surface area contributed by atoms with E-state index >= 15 is 0 Å². The molecule has 0 aromatic heterocycles. The lowest BCUT2D eigenvalue weighted by Gasteiger charge is -2.09. The molecule has 0 heterocycles. The van der Waals surface area contributed by atoms with Crippen molar-refractivity contribution in [2.24, 2.45) is 0 Å². The molecule has 0 nitrogen and oxygen atoms in total. The maximum Gasteiger partial charge on any atom is -0.0106 e. The maximum absolute atomic E-state index is 2.24. The molecule has 0 unspecified atom stereocenters. The Kier molecular flexibility index (Phi) is 5.14. The van der Waals surface area contributed by atoms with E-state index in [1.807, 2.05) is 6.92 Å². The van der Waals surface area contributed by atoms with Crippen LogP contribution in [0.15, 0.2) is 90.5 Å². The van der Waals surface area contributed by atoms with Crippen LogP contribution >= 0.6 is 0 Å². The van der Waals surface area contributed by atoms with Gasteiger partial charge in [-0.15, -0.1) is 0 Å². The Morgan fingerprint density at radius 3 is 1.65 bits per heavy atom. The second kappa shape index (κ2) is 7.30. The highest BCUT2D eigenvalue weighted by atomic mass is 14.1. The highest BCUT2D eigenvalue weighted by Gasteiger charge is 2.04. The van der Waals surface area contributed by atoms with Crippen molar-refractivity contribution in [2.45, 2.75) is 13.8 Å². The maximum atomic E-state index is 2.24. The van der Waals surface area contributed by atoms with Gasteiger partial charge in [0, 0.05) is 0 Å². The molecule has 0 N–H and O–H groups in total. The van der Waals surface area contributed by atoms with E-state index in [1.165, 1.54) is 22.3 Å². The molecule has 0 radical (unpaired) electrons. The Morgan fingerprint density at radius 2 is 1.25 bits per heavy atom. The van der Waals surface area contributed by atoms with Crippen molar-refractivity contribution in [1.82, 2.24) is 0 Å². The van der Waals surface area contributed by atoms with Crippen LogP contribution in [-0.2, 0) is 0 Å². The van der Waals surface area contributed by atoms with E-state index in [0.717, 1.165) is 0 Å². The van der Waals surface area contributed by atoms with E-state index in [9.17, 15) is 0 Å². The third-order valence-corrected chi connectivity index (χ3v) is 3.17. The first-order chi connectivity index (χ1) is 9.85. The van der Waals surface area contributed by atoms with Crippen molar-refractivity contribution in [1.29, 1.82) is 0 Å². The molecular weight excluding hydrogens is 240 g/mol. The third-order valence-electron chi connectivity index (χ3n) is 3.17. The van der Waals surface area contributed by atoms with E-state index in [2.05, 4.69) is 91.9 Å². The largest absolute Gasteiger partial charge is 0.0871 e. The number of hydrogen-bond donors (Lipinski definition) is 0. The summed E-state index contributed by atoms with van der Waals surface area (Å²) in [5.74, 6) is 0. The average molecular weight is 260 g/mol. The zero-order valence-corrected chi connectivity index (χ0v) is 12.1. The summed E-state index contributed by atoms with van der Waals surface area (Å²) < 4.78 is 0. The molecule has 2 aromatic carbocycles. The van der Waals surface area contributed by atoms with Crippen LogP contribution in [0.3, 0.4) is 0 Å². The van der Waals surface area contributed by atoms with Crippen LogP contribution in [-0.4, -0.2) is 0 Å². The van der Waals surface area contributed by atoms with Gasteiger partial charge in [-0.25, -0.2) is 0 Å². The fraction of sp³-hybridized carbons (Fsp3) is 0.100. The molecule has 2 aromatic rings. The van der Waals surface area contributed by atoms with Gasteiger partial charge in [0.05, 0.1) is 0 Å². The lowest BCUT2D eigenvalue weighted by molar-refractivity contribution is 1.51. The minimum absolute atomic E-state index is 1.22. The summed E-state index contributed by atoms with van der Waals surface area (Å²) >= 11 is 0. The van der Waals surface area contributed by atoms with Gasteiger partial charge in [-0.2, -0.15) is 0 Å². The molecule has 0 spiro atoms. The first-order valence-corrected chi connectivity index (χ1v) is 6.96. The molecule has 0 bridgehead atoms. The fourth-order valence-corrected chi connectivity index (χ4v) is 2.16. The predicted molar refractivity (Wildman–Crippen MR) is 88.5 cm³/mol. The second-order valence-electron chi connectivity index (χ2n) is 4.58. The van der Waals surface area contributed by atoms with Crippen molar-refractivity contribution in [2.75, 3.05) is 0 Å². The highest BCUT2D eigenvalue weighted by molar-refractivity contribution is 5.81. The van der Waals surface area contributed by atoms with Crippen molar-refractivity contribution in [3.63, 3.8) is 0 Å². The molecular formula is C20H20. The van der Waals surface area contributed by atoms with Gasteiger partial charge in [-0.3, -0.25) is 0 Å². The lowest BCUT2D eigenvalue weighted by Crippen LogP contribution is -1.88. The smallest absolute Gasteiger partial charge is 0.0106 e. The summed E-state index contributed by atoms with van der Waals surface area (Å²) in [5.41, 5.74) is 4.94. The third kappa shape index (κ3) is 3.58. The van der Waals surface area contributed by atoms with Crippen molar-refractivity contribution < 1.29 is 0 Å². The first kappa shape index (κ1) is 14.1. The summed E-state index contributed by atoms with van der Waals surface area (Å²) in [6.45, 7) is 4.11. The molecule has 0 saturated carbocycles. The molecule has 0 heteroatoms. The summed E-state index contributed by atoms with van der Waals surface area (Å²) in [4.78, 5) is 0. The van der Waals surface area contributed by atoms with E-state index in [4.69, 9.17) is 0 Å². The molecule has 100 valence electrons. The number of rotatable bonds is 4. The van der Waals surface area contributed by atoms with E-state index in [1.54, 1.807) is 0 Å². The number of allylic oxidation sites excluding steroid dienone is 5. The van der Waals surface area contributed by atoms with E-state index in [-0.39, 0.29) is 0 Å². The molecule has 0 fully saturated rings. The van der Waals surface area contributed by atoms with Crippen LogP contribution in [0.5, 0.6) is 0 Å². The molecule has 20 heavy (non-hydrogen) atoms. The summed E-state index contributed by atoms with van der Waals surface area (Å²) in [5, 5.41) is 0. The topological polar surface area (TPSA) is 0 Å². The first-order valence-electron chi connectivity index (χ1n) is 6.96. The van der Waals surface area contributed by atoms with Crippen molar-refractivity contribution in [3.8, 4) is 0 Å². The molecule has 0 saturated heterocycles. The predicted octanol–water partition coefficient (Wildman–Crippen LogP) is 5.64. The van der Waals surface area contributed by atoms with Crippen LogP contribution in [0.2, 0.25) is 0 Å². The summed E-state index contributed by atoms with van der Waals surface area (Å²) in [7, 11) is 0. The van der Waals surface area contributed by atoms with E-state index in [0.29, 0.717) is 0 Å². The van der Waals surface area contributed by atoms with Gasteiger partial charge in [-0.1, -0.05) is 78.9 Å². The van der Waals surface area contributed by atoms with E-state index < -0.39 is 0 Å². The zero-order chi connectivity index (χ0) is 14.2. The Bertz CT molecular complexity index is 572. The van der Waals surface area contributed by atoms with Crippen LogP contribution in [0.25, 0.3) is 5.57 Å². The zero-order valence-electron chi connectivity index (χ0n) is 12.1. The Labute approximate surface area is 121 Å². The SMILES string of the molecule is C/C=C\C(C=C(c1ccccc1)c1ccccc1)=C/C. The van der Waals surface area contributed by atoms with Gasteiger partial charge in [0.1, 0.15) is 0 Å². The standard InChI is InChI=1S/C20H20/c1-3-11-17(4-2)16-20(18-12-7-5-8-13-18)19-14-9-6-10-15-19/h3-16H,1-2H3/b11-3-,17-4+. The Balaban J connectivity index is 2.54. The minimum atomic E-state index is 1.22. The molecule has 0 aliphatic heterocycles. The van der Waals surface area contributed by atoms with Gasteiger partial charge >= 0.3 is 0 Å². The second-order valence-corrected chi connectivity index (χ2v) is 4.58. The van der Waals surface area contributed by atoms with Gasteiger partial charge in [0.15, 0.2) is 0 Å². The van der Waals surface area contributed by atoms with Crippen LogP contribution in [0, 0.1) is 0 Å². The van der Waals surface area contributed by atoms with Crippen molar-refractivity contribution in [3.05, 3.63) is 102 Å². The van der Waals surface area contributed by atoms with Gasteiger partial charge in [-0.05, 0) is 42.2 Å². The van der Waals surface area contributed by atoms with Crippen molar-refractivity contribution >= 4 is 5.57 Å². The lowest BCUT2D eigenvalue weighted by atomic mass is 9.95. The molecule has 2 rings (SSSR count). The highest BCUT2D eigenvalue weighted by Crippen LogP contribution is 2.25. The molecule has 0 atom stereocenters.